The summed E-state index contributed by atoms with van der Waals surface area (Å²) in [5.41, 5.74) is 1.34. The van der Waals surface area contributed by atoms with Crippen LogP contribution in [-0.4, -0.2) is 13.0 Å². The number of hydrogen-bond acceptors (Lipinski definition) is 2. The fraction of sp³-hybridized carbons (Fsp3) is 0.143. The summed E-state index contributed by atoms with van der Waals surface area (Å²) in [5, 5.41) is 8.90. The molecule has 2 aromatic rings. The largest absolute Gasteiger partial charge is 0.489 e. The van der Waals surface area contributed by atoms with Crippen molar-refractivity contribution in [2.75, 3.05) is 0 Å². The highest BCUT2D eigenvalue weighted by Crippen LogP contribution is 2.15. The molecule has 4 heteroatoms. The minimum Gasteiger partial charge on any atom is -0.489 e. The van der Waals surface area contributed by atoms with Crippen LogP contribution in [0, 0.1) is 5.82 Å². The Kier molecular flexibility index (Phi) is 4.00. The molecule has 0 heterocycles. The molecule has 0 bridgehead atoms. The molecule has 18 heavy (non-hydrogen) atoms. The second kappa shape index (κ2) is 5.69. The molecular weight excluding hydrogens is 230 g/mol. The molecule has 0 saturated heterocycles. The van der Waals surface area contributed by atoms with Crippen LogP contribution >= 0.6 is 0 Å². The lowest BCUT2D eigenvalue weighted by Gasteiger charge is -2.09. The summed E-state index contributed by atoms with van der Waals surface area (Å²) < 4.78 is 19.0. The predicted octanol–water partition coefficient (Wildman–Crippen LogP) is 1.69. The van der Waals surface area contributed by atoms with Crippen LogP contribution in [0.2, 0.25) is 0 Å². The molecular formula is C14H12BFO2. The second-order valence-electron chi connectivity index (χ2n) is 3.91. The van der Waals surface area contributed by atoms with Crippen molar-refractivity contribution < 1.29 is 14.2 Å². The van der Waals surface area contributed by atoms with Gasteiger partial charge in [0.15, 0.2) is 0 Å². The van der Waals surface area contributed by atoms with Gasteiger partial charge in [0.1, 0.15) is 26.0 Å². The topological polar surface area (TPSA) is 29.5 Å². The Morgan fingerprint density at radius 2 is 1.83 bits per heavy atom. The van der Waals surface area contributed by atoms with Gasteiger partial charge in [-0.3, -0.25) is 0 Å². The molecule has 2 aromatic carbocycles. The van der Waals surface area contributed by atoms with Gasteiger partial charge >= 0.3 is 0 Å². The standard InChI is InChI=1S/C14H12BFO2/c15-13-3-1-2-11(14(13)16)9-18-12-6-4-10(8-17)5-7-12/h1-7,17H,8-9H2. The van der Waals surface area contributed by atoms with E-state index in [0.29, 0.717) is 11.3 Å². The maximum atomic E-state index is 13.6. The first kappa shape index (κ1) is 12.6. The fourth-order valence-electron chi connectivity index (χ4n) is 1.56. The number of ether oxygens (including phenoxy) is 1. The van der Waals surface area contributed by atoms with E-state index in [9.17, 15) is 4.39 Å². The minimum atomic E-state index is -0.440. The van der Waals surface area contributed by atoms with Crippen molar-refractivity contribution in [3.8, 4) is 5.75 Å². The number of benzene rings is 2. The lowest BCUT2D eigenvalue weighted by Crippen LogP contribution is -2.12. The Bertz CT molecular complexity index is 526. The van der Waals surface area contributed by atoms with Crippen LogP contribution in [0.3, 0.4) is 0 Å². The predicted molar refractivity (Wildman–Crippen MR) is 68.5 cm³/mol. The van der Waals surface area contributed by atoms with Gasteiger partial charge in [0.2, 0.25) is 0 Å². The van der Waals surface area contributed by atoms with E-state index in [1.54, 1.807) is 36.4 Å². The first-order valence-corrected chi connectivity index (χ1v) is 5.56. The minimum absolute atomic E-state index is 0.00979. The SMILES string of the molecule is [B]c1cccc(COc2ccc(CO)cc2)c1F. The highest BCUT2D eigenvalue weighted by atomic mass is 19.1. The van der Waals surface area contributed by atoms with Crippen molar-refractivity contribution in [1.82, 2.24) is 0 Å². The van der Waals surface area contributed by atoms with Gasteiger partial charge in [0, 0.05) is 5.56 Å². The lowest BCUT2D eigenvalue weighted by molar-refractivity contribution is 0.280. The smallest absolute Gasteiger partial charge is 0.122 e. The van der Waals surface area contributed by atoms with Crippen LogP contribution in [-0.2, 0) is 13.2 Å². The molecule has 0 aliphatic heterocycles. The summed E-state index contributed by atoms with van der Waals surface area (Å²) in [5.74, 6) is 0.179. The monoisotopic (exact) mass is 242 g/mol. The number of aliphatic hydroxyl groups is 1. The molecule has 0 fully saturated rings. The lowest BCUT2D eigenvalue weighted by atomic mass is 9.93. The van der Waals surface area contributed by atoms with Crippen LogP contribution in [0.5, 0.6) is 5.75 Å². The summed E-state index contributed by atoms with van der Waals surface area (Å²) in [6.45, 7) is 0.111. The van der Waals surface area contributed by atoms with Gasteiger partial charge in [-0.25, -0.2) is 4.39 Å². The summed E-state index contributed by atoms with van der Waals surface area (Å²) in [6.07, 6.45) is 0. The molecule has 1 N–H and O–H groups in total. The number of rotatable bonds is 4. The third-order valence-corrected chi connectivity index (χ3v) is 2.61. The Morgan fingerprint density at radius 1 is 1.11 bits per heavy atom. The quantitative estimate of drug-likeness (QED) is 0.826. The average molecular weight is 242 g/mol. The van der Waals surface area contributed by atoms with Gasteiger partial charge in [0.05, 0.1) is 6.61 Å². The second-order valence-corrected chi connectivity index (χ2v) is 3.91. The molecule has 2 radical (unpaired) electrons. The van der Waals surface area contributed by atoms with Crippen LogP contribution < -0.4 is 10.2 Å². The third kappa shape index (κ3) is 2.90. The molecule has 0 unspecified atom stereocenters. The van der Waals surface area contributed by atoms with E-state index < -0.39 is 5.82 Å². The summed E-state index contributed by atoms with van der Waals surface area (Å²) in [6, 6.07) is 11.8. The van der Waals surface area contributed by atoms with E-state index >= 15 is 0 Å². The molecule has 0 aromatic heterocycles. The van der Waals surface area contributed by atoms with Crippen molar-refractivity contribution in [3.63, 3.8) is 0 Å². The van der Waals surface area contributed by atoms with E-state index in [1.165, 1.54) is 6.07 Å². The van der Waals surface area contributed by atoms with Crippen molar-refractivity contribution >= 4 is 13.3 Å². The fourth-order valence-corrected chi connectivity index (χ4v) is 1.56. The maximum Gasteiger partial charge on any atom is 0.122 e. The molecule has 0 aliphatic carbocycles. The van der Waals surface area contributed by atoms with Crippen LogP contribution in [0.1, 0.15) is 11.1 Å². The maximum absolute atomic E-state index is 13.6. The van der Waals surface area contributed by atoms with Gasteiger partial charge in [-0.15, -0.1) is 0 Å². The summed E-state index contributed by atoms with van der Waals surface area (Å²) >= 11 is 0. The van der Waals surface area contributed by atoms with E-state index in [4.69, 9.17) is 17.7 Å². The van der Waals surface area contributed by atoms with Crippen molar-refractivity contribution in [2.45, 2.75) is 13.2 Å². The normalized spacial score (nSPS) is 10.3. The van der Waals surface area contributed by atoms with Crippen molar-refractivity contribution in [2.24, 2.45) is 0 Å². The van der Waals surface area contributed by atoms with E-state index in [1.807, 2.05) is 0 Å². The molecule has 0 saturated carbocycles. The van der Waals surface area contributed by atoms with E-state index in [0.717, 1.165) is 5.56 Å². The highest BCUT2D eigenvalue weighted by Gasteiger charge is 2.04. The molecule has 0 spiro atoms. The first-order valence-electron chi connectivity index (χ1n) is 5.56. The third-order valence-electron chi connectivity index (χ3n) is 2.61. The molecule has 2 nitrogen and oxygen atoms in total. The summed E-state index contributed by atoms with van der Waals surface area (Å²) in [4.78, 5) is 0. The Hall–Kier alpha value is -1.81. The average Bonchev–Trinajstić information content (AvgIpc) is 2.41. The zero-order valence-electron chi connectivity index (χ0n) is 9.77. The van der Waals surface area contributed by atoms with Crippen molar-refractivity contribution in [1.29, 1.82) is 0 Å². The molecule has 90 valence electrons. The Labute approximate surface area is 106 Å². The van der Waals surface area contributed by atoms with Crippen LogP contribution in [0.4, 0.5) is 4.39 Å². The van der Waals surface area contributed by atoms with Gasteiger partial charge in [0.25, 0.3) is 0 Å². The van der Waals surface area contributed by atoms with E-state index in [2.05, 4.69) is 0 Å². The van der Waals surface area contributed by atoms with E-state index in [-0.39, 0.29) is 18.7 Å². The van der Waals surface area contributed by atoms with Gasteiger partial charge < -0.3 is 9.84 Å². The van der Waals surface area contributed by atoms with Gasteiger partial charge in [-0.05, 0) is 17.7 Å². The summed E-state index contributed by atoms with van der Waals surface area (Å²) in [7, 11) is 5.47. The Morgan fingerprint density at radius 3 is 2.50 bits per heavy atom. The first-order chi connectivity index (χ1) is 8.70. The Balaban J connectivity index is 2.04. The van der Waals surface area contributed by atoms with Crippen molar-refractivity contribution in [3.05, 3.63) is 59.4 Å². The molecule has 0 atom stereocenters. The molecule has 2 rings (SSSR count). The number of halogens is 1. The van der Waals surface area contributed by atoms with Gasteiger partial charge in [-0.2, -0.15) is 0 Å². The zero-order valence-corrected chi connectivity index (χ0v) is 9.77. The number of aliphatic hydroxyl groups excluding tert-OH is 1. The van der Waals surface area contributed by atoms with Crippen LogP contribution in [0.25, 0.3) is 0 Å². The zero-order chi connectivity index (χ0) is 13.0. The highest BCUT2D eigenvalue weighted by molar-refractivity contribution is 6.32. The number of hydrogen-bond donors (Lipinski definition) is 1. The molecule has 0 amide bonds. The molecule has 0 aliphatic rings. The van der Waals surface area contributed by atoms with Crippen LogP contribution in [0.15, 0.2) is 42.5 Å². The van der Waals surface area contributed by atoms with Gasteiger partial charge in [-0.1, -0.05) is 35.8 Å².